The first-order chi connectivity index (χ1) is 8.92. The van der Waals surface area contributed by atoms with Gasteiger partial charge in [-0.2, -0.15) is 0 Å². The fraction of sp³-hybridized carbons (Fsp3) is 0.846. The number of amides is 1. The van der Waals surface area contributed by atoms with E-state index in [-0.39, 0.29) is 37.2 Å². The Bertz CT molecular complexity index is 312. The molecule has 2 unspecified atom stereocenters. The van der Waals surface area contributed by atoms with E-state index >= 15 is 0 Å². The summed E-state index contributed by atoms with van der Waals surface area (Å²) in [5.41, 5.74) is 0. The number of likely N-dealkylation sites (N-methyl/N-ethyl adjacent to an activating group) is 1. The number of esters is 1. The van der Waals surface area contributed by atoms with Crippen molar-refractivity contribution in [3.8, 4) is 0 Å². The van der Waals surface area contributed by atoms with Crippen molar-refractivity contribution < 1.29 is 19.1 Å². The maximum Gasteiger partial charge on any atom is 0.320 e. The quantitative estimate of drug-likeness (QED) is 0.665. The van der Waals surface area contributed by atoms with Crippen LogP contribution in [0.3, 0.4) is 0 Å². The van der Waals surface area contributed by atoms with Crippen LogP contribution in [0.5, 0.6) is 0 Å². The highest BCUT2D eigenvalue weighted by Crippen LogP contribution is 2.10. The van der Waals surface area contributed by atoms with Crippen molar-refractivity contribution in [2.45, 2.75) is 33.0 Å². The van der Waals surface area contributed by atoms with E-state index in [1.807, 2.05) is 13.8 Å². The van der Waals surface area contributed by atoms with Gasteiger partial charge in [0.2, 0.25) is 5.91 Å². The molecule has 0 aromatic rings. The topological polar surface area (TPSA) is 59.1 Å². The lowest BCUT2D eigenvalue weighted by Crippen LogP contribution is -2.51. The lowest BCUT2D eigenvalue weighted by Gasteiger charge is -2.36. The predicted molar refractivity (Wildman–Crippen MR) is 70.7 cm³/mol. The monoisotopic (exact) mass is 272 g/mol. The van der Waals surface area contributed by atoms with Crippen molar-refractivity contribution in [2.75, 3.05) is 39.8 Å². The van der Waals surface area contributed by atoms with Gasteiger partial charge in [-0.25, -0.2) is 0 Å². The summed E-state index contributed by atoms with van der Waals surface area (Å²) < 4.78 is 10.4. The molecule has 2 atom stereocenters. The van der Waals surface area contributed by atoms with Crippen LogP contribution in [0.1, 0.15) is 20.8 Å². The van der Waals surface area contributed by atoms with Crippen LogP contribution in [0.25, 0.3) is 0 Å². The maximum atomic E-state index is 12.1. The normalized spacial score (nSPS) is 23.5. The van der Waals surface area contributed by atoms with Crippen LogP contribution in [0.4, 0.5) is 0 Å². The molecule has 1 heterocycles. The highest BCUT2D eigenvalue weighted by atomic mass is 16.5. The summed E-state index contributed by atoms with van der Waals surface area (Å²) in [6.07, 6.45) is 0.117. The van der Waals surface area contributed by atoms with Gasteiger partial charge in [0, 0.05) is 13.1 Å². The van der Waals surface area contributed by atoms with Crippen molar-refractivity contribution in [1.82, 2.24) is 9.80 Å². The first kappa shape index (κ1) is 15.9. The summed E-state index contributed by atoms with van der Waals surface area (Å²) in [5.74, 6) is -0.282. The van der Waals surface area contributed by atoms with Crippen LogP contribution in [0, 0.1) is 0 Å². The Morgan fingerprint density at radius 2 is 1.84 bits per heavy atom. The van der Waals surface area contributed by atoms with Crippen LogP contribution in [-0.2, 0) is 19.1 Å². The van der Waals surface area contributed by atoms with Crippen molar-refractivity contribution in [2.24, 2.45) is 0 Å². The van der Waals surface area contributed by atoms with E-state index < -0.39 is 0 Å². The molecule has 0 N–H and O–H groups in total. The van der Waals surface area contributed by atoms with Gasteiger partial charge >= 0.3 is 5.97 Å². The summed E-state index contributed by atoms with van der Waals surface area (Å²) in [5, 5.41) is 0. The molecule has 1 amide bonds. The Hall–Kier alpha value is -1.14. The summed E-state index contributed by atoms with van der Waals surface area (Å²) in [6, 6.07) is 0. The van der Waals surface area contributed by atoms with E-state index in [1.54, 1.807) is 23.8 Å². The predicted octanol–water partition coefficient (Wildman–Crippen LogP) is 0.117. The fourth-order valence-electron chi connectivity index (χ4n) is 2.20. The highest BCUT2D eigenvalue weighted by molar-refractivity contribution is 5.79. The minimum Gasteiger partial charge on any atom is -0.465 e. The second-order valence-electron chi connectivity index (χ2n) is 5.03. The molecule has 6 heteroatoms. The third-order valence-corrected chi connectivity index (χ3v) is 2.88. The molecule has 1 aliphatic rings. The highest BCUT2D eigenvalue weighted by Gasteiger charge is 2.26. The van der Waals surface area contributed by atoms with Gasteiger partial charge in [0.25, 0.3) is 0 Å². The van der Waals surface area contributed by atoms with E-state index in [4.69, 9.17) is 9.47 Å². The van der Waals surface area contributed by atoms with Crippen LogP contribution in [0.2, 0.25) is 0 Å². The fourth-order valence-corrected chi connectivity index (χ4v) is 2.20. The summed E-state index contributed by atoms with van der Waals surface area (Å²) in [4.78, 5) is 26.9. The van der Waals surface area contributed by atoms with E-state index in [0.717, 1.165) is 0 Å². The van der Waals surface area contributed by atoms with Crippen molar-refractivity contribution in [3.63, 3.8) is 0 Å². The van der Waals surface area contributed by atoms with Gasteiger partial charge in [-0.3, -0.25) is 14.5 Å². The largest absolute Gasteiger partial charge is 0.465 e. The zero-order chi connectivity index (χ0) is 14.4. The number of hydrogen-bond donors (Lipinski definition) is 0. The minimum absolute atomic E-state index is 0.0220. The van der Waals surface area contributed by atoms with E-state index in [2.05, 4.69) is 0 Å². The van der Waals surface area contributed by atoms with Crippen molar-refractivity contribution in [3.05, 3.63) is 0 Å². The molecule has 0 aromatic heterocycles. The lowest BCUT2D eigenvalue weighted by atomic mass is 10.2. The van der Waals surface area contributed by atoms with E-state index in [0.29, 0.717) is 19.7 Å². The average Bonchev–Trinajstić information content (AvgIpc) is 2.27. The lowest BCUT2D eigenvalue weighted by molar-refractivity contribution is -0.147. The second kappa shape index (κ2) is 7.45. The van der Waals surface area contributed by atoms with Crippen LogP contribution in [-0.4, -0.2) is 73.7 Å². The molecule has 1 fully saturated rings. The third kappa shape index (κ3) is 5.57. The zero-order valence-electron chi connectivity index (χ0n) is 12.2. The number of carbonyl (C=O) groups excluding carboxylic acids is 2. The number of morpholine rings is 1. The number of hydrogen-bond acceptors (Lipinski definition) is 5. The number of carbonyl (C=O) groups is 2. The Morgan fingerprint density at radius 3 is 2.37 bits per heavy atom. The molecular formula is C13H24N2O4. The molecule has 0 saturated carbocycles. The van der Waals surface area contributed by atoms with Gasteiger partial charge in [0.1, 0.15) is 0 Å². The molecule has 19 heavy (non-hydrogen) atoms. The first-order valence-corrected chi connectivity index (χ1v) is 6.69. The molecule has 110 valence electrons. The number of rotatable bonds is 5. The summed E-state index contributed by atoms with van der Waals surface area (Å²) in [7, 11) is 1.74. The smallest absolute Gasteiger partial charge is 0.320 e. The molecule has 0 bridgehead atoms. The van der Waals surface area contributed by atoms with Gasteiger partial charge < -0.3 is 14.4 Å². The zero-order valence-corrected chi connectivity index (χ0v) is 12.2. The Morgan fingerprint density at radius 1 is 1.26 bits per heavy atom. The van der Waals surface area contributed by atoms with Gasteiger partial charge in [0.05, 0.1) is 31.9 Å². The molecule has 0 radical (unpaired) electrons. The third-order valence-electron chi connectivity index (χ3n) is 2.88. The van der Waals surface area contributed by atoms with Crippen LogP contribution in [0.15, 0.2) is 0 Å². The first-order valence-electron chi connectivity index (χ1n) is 6.69. The summed E-state index contributed by atoms with van der Waals surface area (Å²) >= 11 is 0. The SMILES string of the molecule is CCOC(=O)CN(C)CC(=O)N1CC(C)OC(C)C1. The molecule has 1 aliphatic heterocycles. The molecule has 1 rings (SSSR count). The van der Waals surface area contributed by atoms with Crippen molar-refractivity contribution in [1.29, 1.82) is 0 Å². The van der Waals surface area contributed by atoms with Gasteiger partial charge in [-0.1, -0.05) is 0 Å². The Labute approximate surface area is 114 Å². The Balaban J connectivity index is 2.39. The molecule has 1 saturated heterocycles. The van der Waals surface area contributed by atoms with Gasteiger partial charge in [-0.15, -0.1) is 0 Å². The minimum atomic E-state index is -0.304. The van der Waals surface area contributed by atoms with Crippen LogP contribution < -0.4 is 0 Å². The molecule has 6 nitrogen and oxygen atoms in total. The number of ether oxygens (including phenoxy) is 2. The Kier molecular flexibility index (Phi) is 6.24. The summed E-state index contributed by atoms with van der Waals surface area (Å²) in [6.45, 7) is 7.61. The number of nitrogens with zero attached hydrogens (tertiary/aromatic N) is 2. The molecular weight excluding hydrogens is 248 g/mol. The second-order valence-corrected chi connectivity index (χ2v) is 5.03. The van der Waals surface area contributed by atoms with E-state index in [1.165, 1.54) is 0 Å². The average molecular weight is 272 g/mol. The van der Waals surface area contributed by atoms with Crippen molar-refractivity contribution >= 4 is 11.9 Å². The maximum absolute atomic E-state index is 12.1. The molecule has 0 aromatic carbocycles. The van der Waals surface area contributed by atoms with Gasteiger partial charge in [0.15, 0.2) is 0 Å². The van der Waals surface area contributed by atoms with Crippen LogP contribution >= 0.6 is 0 Å². The molecule has 0 aliphatic carbocycles. The molecule has 0 spiro atoms. The van der Waals surface area contributed by atoms with E-state index in [9.17, 15) is 9.59 Å². The van der Waals surface area contributed by atoms with Gasteiger partial charge in [-0.05, 0) is 27.8 Å². The standard InChI is InChI=1S/C13H24N2O4/c1-5-18-13(17)9-14(4)8-12(16)15-6-10(2)19-11(3)7-15/h10-11H,5-9H2,1-4H3.